The summed E-state index contributed by atoms with van der Waals surface area (Å²) in [6, 6.07) is 4.68. The highest BCUT2D eigenvalue weighted by Gasteiger charge is 2.11. The lowest BCUT2D eigenvalue weighted by molar-refractivity contribution is -0.123. The Kier molecular flexibility index (Phi) is 7.60. The smallest absolute Gasteiger partial charge is 0.257 e. The number of nitrogens with one attached hydrogen (secondary N) is 2. The molecule has 0 unspecified atom stereocenters. The van der Waals surface area contributed by atoms with Gasteiger partial charge in [0.15, 0.2) is 18.2 Å². The van der Waals surface area contributed by atoms with E-state index in [9.17, 15) is 9.18 Å². The van der Waals surface area contributed by atoms with Gasteiger partial charge >= 0.3 is 0 Å². The van der Waals surface area contributed by atoms with E-state index in [0.29, 0.717) is 25.3 Å². The molecular formula is C14H21FN2O3. The Morgan fingerprint density at radius 2 is 2.20 bits per heavy atom. The standard InChI is InChI=1S/C14H21FN2O3/c1-16-9-11-5-3-6-12(15)14(11)20-10-13(18)17-7-4-8-19-2/h3,5-6,16H,4,7-10H2,1-2H3,(H,17,18). The monoisotopic (exact) mass is 284 g/mol. The largest absolute Gasteiger partial charge is 0.480 e. The number of methoxy groups -OCH3 is 1. The number of benzene rings is 1. The lowest BCUT2D eigenvalue weighted by atomic mass is 10.2. The van der Waals surface area contributed by atoms with Crippen molar-refractivity contribution in [3.05, 3.63) is 29.6 Å². The first kappa shape index (κ1) is 16.4. The molecule has 0 fully saturated rings. The van der Waals surface area contributed by atoms with Gasteiger partial charge in [-0.05, 0) is 19.5 Å². The van der Waals surface area contributed by atoms with Gasteiger partial charge in [0, 0.05) is 32.4 Å². The number of para-hydroxylation sites is 1. The Morgan fingerprint density at radius 3 is 2.90 bits per heavy atom. The van der Waals surface area contributed by atoms with Crippen molar-refractivity contribution in [1.82, 2.24) is 10.6 Å². The van der Waals surface area contributed by atoms with Crippen LogP contribution in [0.3, 0.4) is 0 Å². The molecule has 0 aliphatic rings. The molecule has 0 saturated carbocycles. The zero-order valence-electron chi connectivity index (χ0n) is 11.9. The third-order valence-corrected chi connectivity index (χ3v) is 2.61. The van der Waals surface area contributed by atoms with Crippen molar-refractivity contribution in [3.8, 4) is 5.75 Å². The van der Waals surface area contributed by atoms with Gasteiger partial charge in [0.1, 0.15) is 0 Å². The molecule has 0 aliphatic carbocycles. The second-order valence-electron chi connectivity index (χ2n) is 4.24. The van der Waals surface area contributed by atoms with E-state index in [0.717, 1.165) is 6.42 Å². The first-order chi connectivity index (χ1) is 9.69. The van der Waals surface area contributed by atoms with Crippen LogP contribution >= 0.6 is 0 Å². The highest BCUT2D eigenvalue weighted by molar-refractivity contribution is 5.77. The van der Waals surface area contributed by atoms with Crippen molar-refractivity contribution in [2.24, 2.45) is 0 Å². The Bertz CT molecular complexity index is 427. The normalized spacial score (nSPS) is 10.3. The zero-order valence-corrected chi connectivity index (χ0v) is 11.9. The molecule has 0 aliphatic heterocycles. The van der Waals surface area contributed by atoms with Gasteiger partial charge in [0.25, 0.3) is 5.91 Å². The van der Waals surface area contributed by atoms with Crippen molar-refractivity contribution in [3.63, 3.8) is 0 Å². The van der Waals surface area contributed by atoms with E-state index in [2.05, 4.69) is 10.6 Å². The van der Waals surface area contributed by atoms with E-state index in [1.165, 1.54) is 6.07 Å². The maximum absolute atomic E-state index is 13.7. The van der Waals surface area contributed by atoms with Gasteiger partial charge < -0.3 is 20.1 Å². The number of amides is 1. The maximum Gasteiger partial charge on any atom is 0.257 e. The Hall–Kier alpha value is -1.66. The van der Waals surface area contributed by atoms with Crippen LogP contribution < -0.4 is 15.4 Å². The van der Waals surface area contributed by atoms with Crippen LogP contribution in [0.2, 0.25) is 0 Å². The van der Waals surface area contributed by atoms with Crippen molar-refractivity contribution < 1.29 is 18.7 Å². The molecule has 20 heavy (non-hydrogen) atoms. The molecule has 1 aromatic carbocycles. The fourth-order valence-corrected chi connectivity index (χ4v) is 1.68. The topological polar surface area (TPSA) is 59.6 Å². The average Bonchev–Trinajstić information content (AvgIpc) is 2.43. The fraction of sp³-hybridized carbons (Fsp3) is 0.500. The fourth-order valence-electron chi connectivity index (χ4n) is 1.68. The second kappa shape index (κ2) is 9.28. The first-order valence-corrected chi connectivity index (χ1v) is 6.49. The molecule has 1 aromatic rings. The summed E-state index contributed by atoms with van der Waals surface area (Å²) < 4.78 is 23.8. The lowest BCUT2D eigenvalue weighted by Crippen LogP contribution is -2.30. The van der Waals surface area contributed by atoms with Crippen molar-refractivity contribution >= 4 is 5.91 Å². The SMILES string of the molecule is CNCc1cccc(F)c1OCC(=O)NCCCOC. The number of rotatable bonds is 9. The van der Waals surface area contributed by atoms with E-state index >= 15 is 0 Å². The number of hydrogen-bond acceptors (Lipinski definition) is 4. The van der Waals surface area contributed by atoms with Gasteiger partial charge in [-0.25, -0.2) is 4.39 Å². The summed E-state index contributed by atoms with van der Waals surface area (Å²) >= 11 is 0. The number of hydrogen-bond donors (Lipinski definition) is 2. The molecule has 0 bridgehead atoms. The quantitative estimate of drug-likeness (QED) is 0.666. The molecule has 5 nitrogen and oxygen atoms in total. The summed E-state index contributed by atoms with van der Waals surface area (Å²) in [5.41, 5.74) is 0.680. The summed E-state index contributed by atoms with van der Waals surface area (Å²) in [6.45, 7) is 1.37. The Labute approximate surface area is 118 Å². The summed E-state index contributed by atoms with van der Waals surface area (Å²) in [5.74, 6) is -0.626. The van der Waals surface area contributed by atoms with Crippen LogP contribution in [0.4, 0.5) is 4.39 Å². The van der Waals surface area contributed by atoms with E-state index < -0.39 is 5.82 Å². The predicted molar refractivity (Wildman–Crippen MR) is 74.2 cm³/mol. The van der Waals surface area contributed by atoms with E-state index in [1.54, 1.807) is 26.3 Å². The van der Waals surface area contributed by atoms with Gasteiger partial charge in [-0.15, -0.1) is 0 Å². The number of carbonyl (C=O) groups excluding carboxylic acids is 1. The first-order valence-electron chi connectivity index (χ1n) is 6.49. The number of ether oxygens (including phenoxy) is 2. The molecule has 112 valence electrons. The molecule has 1 rings (SSSR count). The van der Waals surface area contributed by atoms with Crippen molar-refractivity contribution in [2.45, 2.75) is 13.0 Å². The minimum Gasteiger partial charge on any atom is -0.480 e. The van der Waals surface area contributed by atoms with Crippen LogP contribution in [0, 0.1) is 5.82 Å². The Morgan fingerprint density at radius 1 is 1.40 bits per heavy atom. The van der Waals surface area contributed by atoms with Gasteiger partial charge in [-0.3, -0.25) is 4.79 Å². The third kappa shape index (κ3) is 5.54. The third-order valence-electron chi connectivity index (χ3n) is 2.61. The molecule has 2 N–H and O–H groups in total. The van der Waals surface area contributed by atoms with Crippen LogP contribution in [0.1, 0.15) is 12.0 Å². The van der Waals surface area contributed by atoms with Gasteiger partial charge in [-0.1, -0.05) is 12.1 Å². The van der Waals surface area contributed by atoms with Crippen LogP contribution in [0.5, 0.6) is 5.75 Å². The highest BCUT2D eigenvalue weighted by atomic mass is 19.1. The molecule has 0 saturated heterocycles. The predicted octanol–water partition coefficient (Wildman–Crippen LogP) is 1.08. The molecule has 0 heterocycles. The number of carbonyl (C=O) groups is 1. The summed E-state index contributed by atoms with van der Waals surface area (Å²) in [5, 5.41) is 5.60. The van der Waals surface area contributed by atoms with Crippen LogP contribution in [0.15, 0.2) is 18.2 Å². The van der Waals surface area contributed by atoms with Gasteiger partial charge in [-0.2, -0.15) is 0 Å². The molecular weight excluding hydrogens is 263 g/mol. The summed E-state index contributed by atoms with van der Waals surface area (Å²) in [7, 11) is 3.36. The van der Waals surface area contributed by atoms with Crippen LogP contribution in [-0.4, -0.2) is 39.8 Å². The second-order valence-corrected chi connectivity index (χ2v) is 4.24. The van der Waals surface area contributed by atoms with Crippen molar-refractivity contribution in [1.29, 1.82) is 0 Å². The zero-order chi connectivity index (χ0) is 14.8. The maximum atomic E-state index is 13.7. The molecule has 1 amide bonds. The van der Waals surface area contributed by atoms with Gasteiger partial charge in [0.05, 0.1) is 0 Å². The molecule has 0 aromatic heterocycles. The molecule has 0 atom stereocenters. The summed E-state index contributed by atoms with van der Waals surface area (Å²) in [4.78, 5) is 11.5. The average molecular weight is 284 g/mol. The van der Waals surface area contributed by atoms with E-state index in [1.807, 2.05) is 0 Å². The van der Waals surface area contributed by atoms with E-state index in [-0.39, 0.29) is 18.3 Å². The molecule has 0 spiro atoms. The minimum atomic E-state index is -0.468. The summed E-state index contributed by atoms with van der Waals surface area (Å²) in [6.07, 6.45) is 0.729. The van der Waals surface area contributed by atoms with Crippen molar-refractivity contribution in [2.75, 3.05) is 33.9 Å². The highest BCUT2D eigenvalue weighted by Crippen LogP contribution is 2.22. The lowest BCUT2D eigenvalue weighted by Gasteiger charge is -2.12. The van der Waals surface area contributed by atoms with Crippen LogP contribution in [0.25, 0.3) is 0 Å². The van der Waals surface area contributed by atoms with Crippen LogP contribution in [-0.2, 0) is 16.1 Å². The van der Waals surface area contributed by atoms with Gasteiger partial charge in [0.2, 0.25) is 0 Å². The molecule has 0 radical (unpaired) electrons. The molecule has 6 heteroatoms. The van der Waals surface area contributed by atoms with E-state index in [4.69, 9.17) is 9.47 Å². The minimum absolute atomic E-state index is 0.119. The Balaban J connectivity index is 2.46. The number of halogens is 1.